The molecule has 3 N–H and O–H groups in total. The van der Waals surface area contributed by atoms with Gasteiger partial charge in [-0.05, 0) is 26.8 Å². The van der Waals surface area contributed by atoms with E-state index in [-0.39, 0.29) is 30.4 Å². The molecule has 0 aromatic carbocycles. The van der Waals surface area contributed by atoms with Crippen LogP contribution in [0.2, 0.25) is 0 Å². The fourth-order valence-corrected chi connectivity index (χ4v) is 0.587. The average Bonchev–Trinajstić information content (AvgIpc) is 1.63. The highest BCUT2D eigenvalue weighted by atomic mass is 35.5. The normalized spacial score (nSPS) is 9.82. The topological polar surface area (TPSA) is 38.0 Å². The Hall–Kier alpha value is 0.500. The zero-order valence-electron chi connectivity index (χ0n) is 7.52. The Morgan fingerprint density at radius 2 is 1.73 bits per heavy atom. The SMILES string of the molecule is CCCNCC(C)(C)N.Cl.Cl. The summed E-state index contributed by atoms with van der Waals surface area (Å²) in [4.78, 5) is 0. The van der Waals surface area contributed by atoms with Crippen molar-refractivity contribution in [2.75, 3.05) is 13.1 Å². The van der Waals surface area contributed by atoms with E-state index in [0.29, 0.717) is 0 Å². The fraction of sp³-hybridized carbons (Fsp3) is 1.00. The second-order valence-corrected chi connectivity index (χ2v) is 3.17. The number of nitrogens with one attached hydrogen (secondary N) is 1. The molecule has 0 aliphatic heterocycles. The first-order valence-electron chi connectivity index (χ1n) is 3.56. The van der Waals surface area contributed by atoms with Crippen LogP contribution in [0.25, 0.3) is 0 Å². The molecule has 0 aromatic heterocycles. The Bertz CT molecular complexity index is 71.3. The van der Waals surface area contributed by atoms with Crippen LogP contribution in [0.1, 0.15) is 27.2 Å². The first-order valence-corrected chi connectivity index (χ1v) is 3.56. The minimum absolute atomic E-state index is 0. The van der Waals surface area contributed by atoms with E-state index in [4.69, 9.17) is 5.73 Å². The molecule has 0 radical (unpaired) electrons. The molecule has 0 aromatic rings. The number of rotatable bonds is 4. The number of hydrogen-bond acceptors (Lipinski definition) is 2. The summed E-state index contributed by atoms with van der Waals surface area (Å²) in [6, 6.07) is 0. The van der Waals surface area contributed by atoms with Crippen molar-refractivity contribution in [1.29, 1.82) is 0 Å². The van der Waals surface area contributed by atoms with Crippen molar-refractivity contribution >= 4 is 24.8 Å². The number of halogens is 2. The smallest absolute Gasteiger partial charge is 0.0223 e. The average molecular weight is 203 g/mol. The van der Waals surface area contributed by atoms with E-state index in [1.807, 2.05) is 13.8 Å². The lowest BCUT2D eigenvalue weighted by Crippen LogP contribution is -2.43. The van der Waals surface area contributed by atoms with Crippen LogP contribution < -0.4 is 11.1 Å². The van der Waals surface area contributed by atoms with Crippen LogP contribution in [-0.2, 0) is 0 Å². The maximum atomic E-state index is 5.71. The van der Waals surface area contributed by atoms with Crippen molar-refractivity contribution < 1.29 is 0 Å². The van der Waals surface area contributed by atoms with Gasteiger partial charge < -0.3 is 11.1 Å². The van der Waals surface area contributed by atoms with Crippen molar-refractivity contribution in [1.82, 2.24) is 5.32 Å². The third-order valence-electron chi connectivity index (χ3n) is 1.01. The third-order valence-corrected chi connectivity index (χ3v) is 1.01. The fourth-order valence-electron chi connectivity index (χ4n) is 0.587. The van der Waals surface area contributed by atoms with Gasteiger partial charge in [0.05, 0.1) is 0 Å². The molecule has 0 bridgehead atoms. The third kappa shape index (κ3) is 18.0. The molecule has 0 aliphatic rings. The summed E-state index contributed by atoms with van der Waals surface area (Å²) in [7, 11) is 0. The molecule has 0 fully saturated rings. The molecule has 0 unspecified atom stereocenters. The first-order chi connectivity index (χ1) is 4.06. The van der Waals surface area contributed by atoms with Crippen LogP contribution in [0, 0.1) is 0 Å². The molecular formula is C7H20Cl2N2. The van der Waals surface area contributed by atoms with E-state index >= 15 is 0 Å². The van der Waals surface area contributed by atoms with Gasteiger partial charge in [-0.15, -0.1) is 24.8 Å². The molecule has 0 spiro atoms. The number of hydrogen-bond donors (Lipinski definition) is 2. The van der Waals surface area contributed by atoms with E-state index in [1.54, 1.807) is 0 Å². The molecule has 0 saturated carbocycles. The van der Waals surface area contributed by atoms with Gasteiger partial charge in [-0.2, -0.15) is 0 Å². The van der Waals surface area contributed by atoms with E-state index in [1.165, 1.54) is 6.42 Å². The first kappa shape index (κ1) is 17.5. The Morgan fingerprint density at radius 3 is 2.00 bits per heavy atom. The Morgan fingerprint density at radius 1 is 1.27 bits per heavy atom. The molecule has 0 heterocycles. The monoisotopic (exact) mass is 202 g/mol. The van der Waals surface area contributed by atoms with Gasteiger partial charge in [0.1, 0.15) is 0 Å². The molecular weight excluding hydrogens is 183 g/mol. The molecule has 2 nitrogen and oxygen atoms in total. The maximum absolute atomic E-state index is 5.71. The maximum Gasteiger partial charge on any atom is 0.0223 e. The standard InChI is InChI=1S/C7H18N2.2ClH/c1-4-5-9-6-7(2,3)8;;/h9H,4-6,8H2,1-3H3;2*1H. The summed E-state index contributed by atoms with van der Waals surface area (Å²) in [5.74, 6) is 0. The minimum atomic E-state index is -0.0603. The summed E-state index contributed by atoms with van der Waals surface area (Å²) in [6.07, 6.45) is 1.18. The molecule has 11 heavy (non-hydrogen) atoms. The van der Waals surface area contributed by atoms with Crippen molar-refractivity contribution in [2.45, 2.75) is 32.7 Å². The zero-order chi connectivity index (χ0) is 7.33. The highest BCUT2D eigenvalue weighted by Crippen LogP contribution is 1.91. The summed E-state index contributed by atoms with van der Waals surface area (Å²) in [5, 5.41) is 3.25. The summed E-state index contributed by atoms with van der Waals surface area (Å²) in [6.45, 7) is 8.17. The second-order valence-electron chi connectivity index (χ2n) is 3.17. The van der Waals surface area contributed by atoms with Crippen LogP contribution in [0.15, 0.2) is 0 Å². The van der Waals surface area contributed by atoms with Gasteiger partial charge in [-0.1, -0.05) is 6.92 Å². The zero-order valence-corrected chi connectivity index (χ0v) is 9.15. The van der Waals surface area contributed by atoms with Crippen LogP contribution in [0.5, 0.6) is 0 Å². The van der Waals surface area contributed by atoms with Crippen molar-refractivity contribution in [2.24, 2.45) is 5.73 Å². The summed E-state index contributed by atoms with van der Waals surface area (Å²) >= 11 is 0. The van der Waals surface area contributed by atoms with Crippen molar-refractivity contribution in [3.63, 3.8) is 0 Å². The predicted octanol–water partition coefficient (Wildman–Crippen LogP) is 1.57. The summed E-state index contributed by atoms with van der Waals surface area (Å²) in [5.41, 5.74) is 5.65. The van der Waals surface area contributed by atoms with Gasteiger partial charge in [0, 0.05) is 12.1 Å². The molecule has 0 rings (SSSR count). The van der Waals surface area contributed by atoms with Crippen molar-refractivity contribution in [3.05, 3.63) is 0 Å². The van der Waals surface area contributed by atoms with E-state index in [0.717, 1.165) is 13.1 Å². The second kappa shape index (κ2) is 8.60. The van der Waals surface area contributed by atoms with E-state index in [2.05, 4.69) is 12.2 Å². The van der Waals surface area contributed by atoms with Crippen LogP contribution in [0.3, 0.4) is 0 Å². The van der Waals surface area contributed by atoms with Gasteiger partial charge >= 0.3 is 0 Å². The van der Waals surface area contributed by atoms with Gasteiger partial charge in [-0.25, -0.2) is 0 Å². The largest absolute Gasteiger partial charge is 0.324 e. The molecule has 0 atom stereocenters. The molecule has 4 heteroatoms. The Kier molecular flexibility index (Phi) is 13.7. The van der Waals surface area contributed by atoms with Gasteiger partial charge in [0.2, 0.25) is 0 Å². The lowest BCUT2D eigenvalue weighted by atomic mass is 10.1. The lowest BCUT2D eigenvalue weighted by Gasteiger charge is -2.18. The number of nitrogens with two attached hydrogens (primary N) is 1. The highest BCUT2D eigenvalue weighted by molar-refractivity contribution is 5.85. The van der Waals surface area contributed by atoms with Crippen LogP contribution in [-0.4, -0.2) is 18.6 Å². The molecule has 72 valence electrons. The highest BCUT2D eigenvalue weighted by Gasteiger charge is 2.07. The van der Waals surface area contributed by atoms with Gasteiger partial charge in [0.15, 0.2) is 0 Å². The Labute approximate surface area is 82.1 Å². The molecule has 0 aliphatic carbocycles. The molecule has 0 saturated heterocycles. The van der Waals surface area contributed by atoms with Crippen molar-refractivity contribution in [3.8, 4) is 0 Å². The lowest BCUT2D eigenvalue weighted by molar-refractivity contribution is 0.467. The quantitative estimate of drug-likeness (QED) is 0.680. The van der Waals surface area contributed by atoms with Gasteiger partial charge in [-0.3, -0.25) is 0 Å². The molecule has 0 amide bonds. The van der Waals surface area contributed by atoms with Crippen LogP contribution in [0.4, 0.5) is 0 Å². The summed E-state index contributed by atoms with van der Waals surface area (Å²) < 4.78 is 0. The van der Waals surface area contributed by atoms with Gasteiger partial charge in [0.25, 0.3) is 0 Å². The van der Waals surface area contributed by atoms with E-state index in [9.17, 15) is 0 Å². The van der Waals surface area contributed by atoms with E-state index < -0.39 is 0 Å². The minimum Gasteiger partial charge on any atom is -0.324 e. The Balaban J connectivity index is -0.000000320. The van der Waals surface area contributed by atoms with Crippen LogP contribution >= 0.6 is 24.8 Å². The predicted molar refractivity (Wildman–Crippen MR) is 55.9 cm³/mol.